The number of methoxy groups -OCH3 is 1. The summed E-state index contributed by atoms with van der Waals surface area (Å²) in [6.45, 7) is 11.8. The van der Waals surface area contributed by atoms with Crippen LogP contribution in [-0.2, 0) is 41.3 Å². The lowest BCUT2D eigenvalue weighted by molar-refractivity contribution is -0.189. The van der Waals surface area contributed by atoms with Gasteiger partial charge in [0.05, 0.1) is 51.5 Å². The number of ether oxygens (including phenoxy) is 5. The van der Waals surface area contributed by atoms with Crippen LogP contribution in [0.4, 0.5) is 9.59 Å². The summed E-state index contributed by atoms with van der Waals surface area (Å²) < 4.78 is 34.5. The number of fused-ring (bicyclic) bond motifs is 1. The maximum atomic E-state index is 12.5. The highest BCUT2D eigenvalue weighted by molar-refractivity contribution is 7.31. The molecule has 1 amide bonds. The van der Waals surface area contributed by atoms with Crippen LogP contribution < -0.4 is 10.1 Å². The maximum absolute atomic E-state index is 12.5. The highest BCUT2D eigenvalue weighted by atomic mass is 31.1. The number of carbonyl (C=O) groups excluding carboxylic acids is 2. The van der Waals surface area contributed by atoms with Gasteiger partial charge in [0.15, 0.2) is 6.29 Å². The third kappa shape index (κ3) is 15.3. The lowest BCUT2D eigenvalue weighted by atomic mass is 10.0. The van der Waals surface area contributed by atoms with E-state index in [9.17, 15) is 14.7 Å². The van der Waals surface area contributed by atoms with E-state index in [1.54, 1.807) is 12.2 Å². The fraction of sp³-hybridized carbons (Fsp3) is 0.588. The Hall–Kier alpha value is -2.89. The molecular formula is C34H51N3O10P2. The topological polar surface area (TPSA) is 147 Å². The first-order valence-corrected chi connectivity index (χ1v) is 17.6. The molecule has 2 aliphatic heterocycles. The Morgan fingerprint density at radius 2 is 1.82 bits per heavy atom. The van der Waals surface area contributed by atoms with Crippen LogP contribution in [-0.4, -0.2) is 86.0 Å². The number of nitrogens with zero attached hydrogens (tertiary/aromatic N) is 2. The molecule has 2 aromatic carbocycles. The highest BCUT2D eigenvalue weighted by Gasteiger charge is 2.44. The molecule has 2 aliphatic rings. The number of aliphatic hydroxyl groups excluding tert-OH is 1. The van der Waals surface area contributed by atoms with Gasteiger partial charge in [0.25, 0.3) is 8.60 Å². The maximum Gasteiger partial charge on any atom is 0.518 e. The minimum atomic E-state index is -0.891. The molecule has 272 valence electrons. The quantitative estimate of drug-likeness (QED) is 0.128. The molecule has 2 N–H and O–H groups in total. The molecule has 2 fully saturated rings. The molecule has 13 nitrogen and oxygen atoms in total. The van der Waals surface area contributed by atoms with Gasteiger partial charge in [-0.1, -0.05) is 56.3 Å². The van der Waals surface area contributed by atoms with Crippen molar-refractivity contribution in [2.45, 2.75) is 84.1 Å². The first kappa shape index (κ1) is 40.5. The molecule has 15 heteroatoms. The van der Waals surface area contributed by atoms with Gasteiger partial charge in [0, 0.05) is 6.54 Å². The fourth-order valence-corrected chi connectivity index (χ4v) is 5.35. The molecule has 0 radical (unpaired) electrons. The summed E-state index contributed by atoms with van der Waals surface area (Å²) in [7, 11) is 3.94. The minimum Gasteiger partial charge on any atom is -0.497 e. The Morgan fingerprint density at radius 1 is 1.10 bits per heavy atom. The van der Waals surface area contributed by atoms with Crippen LogP contribution >= 0.6 is 18.0 Å². The number of amides is 1. The van der Waals surface area contributed by atoms with Crippen molar-refractivity contribution in [3.8, 4) is 5.75 Å². The van der Waals surface area contributed by atoms with E-state index in [-0.39, 0.29) is 33.5 Å². The third-order valence-electron chi connectivity index (χ3n) is 7.36. The molecular weight excluding hydrogens is 672 g/mol. The number of hydrogen-bond acceptors (Lipinski definition) is 12. The van der Waals surface area contributed by atoms with E-state index in [0.29, 0.717) is 38.7 Å². The van der Waals surface area contributed by atoms with Gasteiger partial charge >= 0.3 is 12.2 Å². The molecule has 2 saturated heterocycles. The first-order chi connectivity index (χ1) is 23.4. The molecule has 6 atom stereocenters. The van der Waals surface area contributed by atoms with Crippen LogP contribution in [0.15, 0.2) is 59.1 Å². The predicted octanol–water partition coefficient (Wildman–Crippen LogP) is 6.32. The van der Waals surface area contributed by atoms with Crippen LogP contribution in [0.3, 0.4) is 0 Å². The van der Waals surface area contributed by atoms with E-state index in [1.807, 2.05) is 75.4 Å². The average Bonchev–Trinajstić information content (AvgIpc) is 3.68. The van der Waals surface area contributed by atoms with Crippen LogP contribution in [0.2, 0.25) is 0 Å². The molecule has 2 aromatic rings. The Morgan fingerprint density at radius 3 is 2.45 bits per heavy atom. The van der Waals surface area contributed by atoms with E-state index in [4.69, 9.17) is 28.5 Å². The second kappa shape index (κ2) is 20.7. The van der Waals surface area contributed by atoms with Gasteiger partial charge in [-0.15, -0.1) is 0 Å². The summed E-state index contributed by atoms with van der Waals surface area (Å²) in [6, 6.07) is 16.9. The standard InChI is InChI=1S/C27H40N2O5.C7H11NO5P2/c1-20(2)19-33-29(17-22-12-14-23(32-6)15-13-22)18-25(30)24(16-21-10-8-7-9-11-21)28-26(31)34-27(3,4)5;9-7(13-15-8-14)12-5-3-11-6-4(5)1-2-10-6/h7-15,20,24-25,30H,16-19H2,1-6H3,(H,28,31);4-6H,1-3,14H2. The zero-order valence-corrected chi connectivity index (χ0v) is 31.2. The monoisotopic (exact) mass is 723 g/mol. The molecule has 2 heterocycles. The smallest absolute Gasteiger partial charge is 0.497 e. The van der Waals surface area contributed by atoms with Crippen molar-refractivity contribution in [2.24, 2.45) is 16.4 Å². The SMILES string of the molecule is COc1ccc(CN(CC(O)C(Cc2ccccc2)NC(=O)OC(C)(C)C)OCC(C)C)cc1.O=C(OP=NP)OC1COC2OCCC12. The van der Waals surface area contributed by atoms with Crippen molar-refractivity contribution in [3.63, 3.8) is 0 Å². The third-order valence-corrected chi connectivity index (χ3v) is 7.97. The number of carbonyl (C=O) groups is 2. The number of aliphatic hydroxyl groups is 1. The summed E-state index contributed by atoms with van der Waals surface area (Å²) in [4.78, 5) is 29.7. The van der Waals surface area contributed by atoms with Crippen molar-refractivity contribution < 1.29 is 47.7 Å². The average molecular weight is 724 g/mol. The lowest BCUT2D eigenvalue weighted by Crippen LogP contribution is -2.50. The summed E-state index contributed by atoms with van der Waals surface area (Å²) in [5, 5.41) is 15.8. The van der Waals surface area contributed by atoms with Gasteiger partial charge in [0.2, 0.25) is 0 Å². The number of hydroxylamine groups is 2. The Balaban J connectivity index is 0.000000357. The second-order valence-electron chi connectivity index (χ2n) is 13.1. The zero-order valence-electron chi connectivity index (χ0n) is 29.2. The molecule has 4 rings (SSSR count). The van der Waals surface area contributed by atoms with Crippen LogP contribution in [0, 0.1) is 11.8 Å². The molecule has 6 unspecified atom stereocenters. The van der Waals surface area contributed by atoms with E-state index in [1.165, 1.54) is 0 Å². The molecule has 0 spiro atoms. The van der Waals surface area contributed by atoms with Gasteiger partial charge in [-0.25, -0.2) is 14.1 Å². The fourth-order valence-electron chi connectivity index (χ4n) is 5.05. The number of nitrogens with one attached hydrogen (secondary N) is 1. The van der Waals surface area contributed by atoms with Crippen molar-refractivity contribution in [3.05, 3.63) is 65.7 Å². The Kier molecular flexibility index (Phi) is 17.1. The van der Waals surface area contributed by atoms with Gasteiger partial charge in [-0.05, 0) is 72.2 Å². The van der Waals surface area contributed by atoms with Crippen LogP contribution in [0.5, 0.6) is 5.75 Å². The lowest BCUT2D eigenvalue weighted by Gasteiger charge is -2.31. The zero-order chi connectivity index (χ0) is 35.8. The number of benzene rings is 2. The van der Waals surface area contributed by atoms with Crippen molar-refractivity contribution in [2.75, 3.05) is 33.5 Å². The molecule has 0 bridgehead atoms. The molecule has 49 heavy (non-hydrogen) atoms. The van der Waals surface area contributed by atoms with Crippen molar-refractivity contribution in [1.82, 2.24) is 10.4 Å². The number of rotatable bonds is 14. The van der Waals surface area contributed by atoms with Crippen LogP contribution in [0.25, 0.3) is 0 Å². The highest BCUT2D eigenvalue weighted by Crippen LogP contribution is 2.33. The normalized spacial score (nSPS) is 19.9. The van der Waals surface area contributed by atoms with E-state index >= 15 is 0 Å². The van der Waals surface area contributed by atoms with E-state index in [0.717, 1.165) is 23.3 Å². The van der Waals surface area contributed by atoms with E-state index in [2.05, 4.69) is 37.6 Å². The Bertz CT molecular complexity index is 1300. The number of alkyl carbamates (subject to hydrolysis) is 1. The van der Waals surface area contributed by atoms with Crippen LogP contribution in [0.1, 0.15) is 52.2 Å². The molecule has 0 aliphatic carbocycles. The van der Waals surface area contributed by atoms with Gasteiger partial charge in [-0.3, -0.25) is 4.84 Å². The Labute approximate surface area is 293 Å². The minimum absolute atomic E-state index is 0.141. The van der Waals surface area contributed by atoms with Gasteiger partial charge < -0.3 is 38.6 Å². The molecule has 0 aromatic heterocycles. The second-order valence-corrected chi connectivity index (χ2v) is 14.4. The van der Waals surface area contributed by atoms with Crippen molar-refractivity contribution >= 4 is 30.2 Å². The molecule has 0 saturated carbocycles. The predicted molar refractivity (Wildman–Crippen MR) is 188 cm³/mol. The van der Waals surface area contributed by atoms with Gasteiger partial charge in [0.1, 0.15) is 17.5 Å². The van der Waals surface area contributed by atoms with E-state index < -0.39 is 30.0 Å². The largest absolute Gasteiger partial charge is 0.518 e. The summed E-state index contributed by atoms with van der Waals surface area (Å²) in [5.74, 6) is 1.25. The van der Waals surface area contributed by atoms with Gasteiger partial charge in [-0.2, -0.15) is 5.06 Å². The van der Waals surface area contributed by atoms with Crippen molar-refractivity contribution in [1.29, 1.82) is 0 Å². The summed E-state index contributed by atoms with van der Waals surface area (Å²) in [6.07, 6.45) is -1.33. The summed E-state index contributed by atoms with van der Waals surface area (Å²) >= 11 is 0. The summed E-state index contributed by atoms with van der Waals surface area (Å²) in [5.41, 5.74) is 1.40. The first-order valence-electron chi connectivity index (χ1n) is 16.3. The number of hydrogen-bond donors (Lipinski definition) is 2.